The molecule has 3 amide bonds. The minimum absolute atomic E-state index is 0.204. The average Bonchev–Trinajstić information content (AvgIpc) is 3.03. The van der Waals surface area contributed by atoms with Crippen LogP contribution in [-0.2, 0) is 32.0 Å². The van der Waals surface area contributed by atoms with Crippen molar-refractivity contribution in [3.05, 3.63) is 16.0 Å². The Bertz CT molecular complexity index is 796. The third-order valence-electron chi connectivity index (χ3n) is 5.24. The van der Waals surface area contributed by atoms with Gasteiger partial charge in [0.1, 0.15) is 5.00 Å². The number of carbonyl (C=O) groups excluding carboxylic acids is 4. The molecule has 2 aliphatic rings. The van der Waals surface area contributed by atoms with Gasteiger partial charge in [0.15, 0.2) is 6.61 Å². The maximum absolute atomic E-state index is 12.7. The van der Waals surface area contributed by atoms with Gasteiger partial charge in [-0.2, -0.15) is 0 Å². The van der Waals surface area contributed by atoms with Crippen molar-refractivity contribution in [2.45, 2.75) is 45.4 Å². The monoisotopic (exact) mass is 407 g/mol. The Morgan fingerprint density at radius 2 is 1.86 bits per heavy atom. The van der Waals surface area contributed by atoms with E-state index in [0.717, 1.165) is 36.1 Å². The number of nitrogens with one attached hydrogen (secondary N) is 1. The molecule has 1 fully saturated rings. The first-order valence-corrected chi connectivity index (χ1v) is 10.3. The zero-order valence-electron chi connectivity index (χ0n) is 15.9. The van der Waals surface area contributed by atoms with Gasteiger partial charge in [0, 0.05) is 30.8 Å². The van der Waals surface area contributed by atoms with Crippen molar-refractivity contribution in [3.8, 4) is 0 Å². The average molecular weight is 407 g/mol. The summed E-state index contributed by atoms with van der Waals surface area (Å²) < 4.78 is 5.30. The zero-order valence-corrected chi connectivity index (χ0v) is 16.7. The van der Waals surface area contributed by atoms with E-state index in [2.05, 4.69) is 5.32 Å². The minimum Gasteiger partial charge on any atom is -0.452 e. The lowest BCUT2D eigenvalue weighted by molar-refractivity contribution is -0.137. The molecule has 0 saturated carbocycles. The van der Waals surface area contributed by atoms with Gasteiger partial charge in [0.2, 0.25) is 11.8 Å². The Morgan fingerprint density at radius 1 is 1.18 bits per heavy atom. The molecule has 8 nitrogen and oxygen atoms in total. The zero-order chi connectivity index (χ0) is 20.3. The van der Waals surface area contributed by atoms with Crippen molar-refractivity contribution in [1.29, 1.82) is 0 Å². The summed E-state index contributed by atoms with van der Waals surface area (Å²) in [6.07, 6.45) is 4.75. The maximum atomic E-state index is 12.7. The van der Waals surface area contributed by atoms with Crippen LogP contribution in [0.4, 0.5) is 5.00 Å². The van der Waals surface area contributed by atoms with Crippen LogP contribution in [0.25, 0.3) is 0 Å². The topological polar surface area (TPSA) is 119 Å². The quantitative estimate of drug-likeness (QED) is 0.717. The predicted octanol–water partition coefficient (Wildman–Crippen LogP) is 1.47. The van der Waals surface area contributed by atoms with Crippen molar-refractivity contribution in [2.24, 2.45) is 11.7 Å². The number of anilines is 1. The Kier molecular flexibility index (Phi) is 6.33. The van der Waals surface area contributed by atoms with Crippen LogP contribution < -0.4 is 11.1 Å². The smallest absolute Gasteiger partial charge is 0.341 e. The first-order valence-electron chi connectivity index (χ1n) is 9.53. The highest BCUT2D eigenvalue weighted by atomic mass is 32.1. The number of thiophene rings is 1. The maximum Gasteiger partial charge on any atom is 0.341 e. The number of esters is 1. The van der Waals surface area contributed by atoms with E-state index in [-0.39, 0.29) is 30.2 Å². The van der Waals surface area contributed by atoms with Gasteiger partial charge in [-0.3, -0.25) is 14.4 Å². The van der Waals surface area contributed by atoms with Gasteiger partial charge in [0.25, 0.3) is 5.91 Å². The number of likely N-dealkylation sites (tertiary alicyclic amines) is 1. The summed E-state index contributed by atoms with van der Waals surface area (Å²) in [7, 11) is 0. The van der Waals surface area contributed by atoms with Crippen LogP contribution in [0.15, 0.2) is 0 Å². The highest BCUT2D eigenvalue weighted by Gasteiger charge is 2.29. The highest BCUT2D eigenvalue weighted by molar-refractivity contribution is 7.17. The molecule has 1 aromatic heterocycles. The molecule has 3 N–H and O–H groups in total. The number of piperidine rings is 1. The Hall–Kier alpha value is -2.42. The van der Waals surface area contributed by atoms with E-state index in [4.69, 9.17) is 10.5 Å². The lowest BCUT2D eigenvalue weighted by Crippen LogP contribution is -2.43. The van der Waals surface area contributed by atoms with Crippen molar-refractivity contribution in [2.75, 3.05) is 25.0 Å². The van der Waals surface area contributed by atoms with Crippen molar-refractivity contribution in [1.82, 2.24) is 4.90 Å². The predicted molar refractivity (Wildman–Crippen MR) is 104 cm³/mol. The van der Waals surface area contributed by atoms with Gasteiger partial charge in [0.05, 0.1) is 5.56 Å². The number of primary amides is 1. The van der Waals surface area contributed by atoms with E-state index in [1.165, 1.54) is 18.3 Å². The van der Waals surface area contributed by atoms with Crippen molar-refractivity contribution in [3.63, 3.8) is 0 Å². The van der Waals surface area contributed by atoms with Crippen LogP contribution >= 0.6 is 11.3 Å². The van der Waals surface area contributed by atoms with Gasteiger partial charge in [-0.05, 0) is 44.1 Å². The van der Waals surface area contributed by atoms with Gasteiger partial charge in [-0.1, -0.05) is 0 Å². The Labute approximate surface area is 167 Å². The van der Waals surface area contributed by atoms with E-state index in [1.54, 1.807) is 4.90 Å². The number of nitrogens with zero attached hydrogens (tertiary/aromatic N) is 1. The molecular formula is C19H25N3O5S. The van der Waals surface area contributed by atoms with Crippen LogP contribution in [-0.4, -0.2) is 48.3 Å². The van der Waals surface area contributed by atoms with Gasteiger partial charge >= 0.3 is 5.97 Å². The molecule has 9 heteroatoms. The summed E-state index contributed by atoms with van der Waals surface area (Å²) in [5, 5.41) is 3.22. The number of hydrogen-bond donors (Lipinski definition) is 2. The molecule has 0 atom stereocenters. The second kappa shape index (κ2) is 8.72. The molecule has 3 rings (SSSR count). The second-order valence-electron chi connectivity index (χ2n) is 7.23. The van der Waals surface area contributed by atoms with Gasteiger partial charge in [-0.25, -0.2) is 4.79 Å². The molecule has 2 heterocycles. The molecule has 0 radical (unpaired) electrons. The van der Waals surface area contributed by atoms with E-state index >= 15 is 0 Å². The van der Waals surface area contributed by atoms with Crippen LogP contribution in [0.3, 0.4) is 0 Å². The molecule has 0 unspecified atom stereocenters. The molecule has 0 spiro atoms. The number of amides is 3. The molecule has 1 saturated heterocycles. The van der Waals surface area contributed by atoms with Gasteiger partial charge in [-0.15, -0.1) is 11.3 Å². The summed E-state index contributed by atoms with van der Waals surface area (Å²) in [4.78, 5) is 50.5. The van der Waals surface area contributed by atoms with Crippen molar-refractivity contribution < 1.29 is 23.9 Å². The Balaban J connectivity index is 1.63. The van der Waals surface area contributed by atoms with Crippen LogP contribution in [0.5, 0.6) is 0 Å². The molecule has 1 aromatic rings. The van der Waals surface area contributed by atoms with E-state index in [9.17, 15) is 19.2 Å². The molecular weight excluding hydrogens is 382 g/mol. The first kappa shape index (κ1) is 20.3. The number of ether oxygens (including phenoxy) is 1. The van der Waals surface area contributed by atoms with Crippen LogP contribution in [0.1, 0.15) is 53.4 Å². The van der Waals surface area contributed by atoms with E-state index in [1.807, 2.05) is 0 Å². The number of rotatable bonds is 5. The molecule has 152 valence electrons. The fourth-order valence-electron chi connectivity index (χ4n) is 3.73. The lowest BCUT2D eigenvalue weighted by atomic mass is 9.95. The summed E-state index contributed by atoms with van der Waals surface area (Å²) >= 11 is 1.41. The third kappa shape index (κ3) is 4.52. The molecule has 0 bridgehead atoms. The Morgan fingerprint density at radius 3 is 2.50 bits per heavy atom. The normalized spacial score (nSPS) is 17.0. The minimum atomic E-state index is -0.580. The van der Waals surface area contributed by atoms with Crippen LogP contribution in [0.2, 0.25) is 0 Å². The molecule has 0 aromatic carbocycles. The van der Waals surface area contributed by atoms with Crippen LogP contribution in [0, 0.1) is 5.92 Å². The summed E-state index contributed by atoms with van der Waals surface area (Å²) in [6, 6.07) is 0. The number of nitrogens with two attached hydrogens (primary N) is 1. The van der Waals surface area contributed by atoms with Gasteiger partial charge < -0.3 is 20.7 Å². The lowest BCUT2D eigenvalue weighted by Gasteiger charge is -2.30. The largest absolute Gasteiger partial charge is 0.452 e. The van der Waals surface area contributed by atoms with Crippen molar-refractivity contribution >= 4 is 40.0 Å². The number of hydrogen-bond acceptors (Lipinski definition) is 6. The first-order chi connectivity index (χ1) is 13.4. The third-order valence-corrected chi connectivity index (χ3v) is 6.45. The molecule has 1 aliphatic heterocycles. The second-order valence-corrected chi connectivity index (χ2v) is 8.33. The summed E-state index contributed by atoms with van der Waals surface area (Å²) in [5.41, 5.74) is 6.62. The number of carbonyl (C=O) groups is 4. The van der Waals surface area contributed by atoms with E-state index < -0.39 is 5.97 Å². The summed E-state index contributed by atoms with van der Waals surface area (Å²) in [6.45, 7) is 1.89. The van der Waals surface area contributed by atoms with E-state index in [0.29, 0.717) is 36.5 Å². The highest BCUT2D eigenvalue weighted by Crippen LogP contribution is 2.38. The fraction of sp³-hybridized carbons (Fsp3) is 0.579. The number of fused-ring (bicyclic) bond motifs is 1. The molecule has 1 aliphatic carbocycles. The number of aryl methyl sites for hydroxylation is 1. The molecule has 28 heavy (non-hydrogen) atoms. The standard InChI is InChI=1S/C19H25N3O5S/c1-11(23)21-18-16(13-4-2-3-5-14(13)28-18)19(26)27-10-15(24)22-8-6-12(7-9-22)17(20)25/h12H,2-10H2,1H3,(H2,20,25)(H,21,23). The SMILES string of the molecule is CC(=O)Nc1sc2c(c1C(=O)OCC(=O)N1CCC(C(N)=O)CC1)CCCC2. The summed E-state index contributed by atoms with van der Waals surface area (Å²) in [5.74, 6) is -1.67. The fourth-order valence-corrected chi connectivity index (χ4v) is 5.06.